The van der Waals surface area contributed by atoms with Crippen molar-refractivity contribution in [2.45, 2.75) is 18.7 Å². The molecule has 0 saturated carbocycles. The van der Waals surface area contributed by atoms with Crippen LogP contribution in [0.4, 0.5) is 17.1 Å². The quantitative estimate of drug-likeness (QED) is 0.212. The van der Waals surface area contributed by atoms with Crippen molar-refractivity contribution in [3.8, 4) is 11.5 Å². The van der Waals surface area contributed by atoms with Gasteiger partial charge in [0.05, 0.1) is 10.5 Å². The maximum Gasteiger partial charge on any atom is 1.00 e. The van der Waals surface area contributed by atoms with Crippen LogP contribution in [0.25, 0.3) is 10.8 Å². The number of azo groups is 1. The van der Waals surface area contributed by atoms with Crippen molar-refractivity contribution >= 4 is 43.9 Å². The Hall–Kier alpha value is -3.28. The predicted molar refractivity (Wildman–Crippen MR) is 130 cm³/mol. The van der Waals surface area contributed by atoms with Crippen LogP contribution in [0.3, 0.4) is 0 Å². The Morgan fingerprint density at radius 2 is 1.67 bits per heavy atom. The number of hydrogen-bond acceptors (Lipinski definition) is 8. The molecule has 0 heterocycles. The minimum absolute atomic E-state index is 0. The average molecular weight is 514 g/mol. The molecule has 0 unspecified atom stereocenters. The Labute approximate surface area is 229 Å². The fourth-order valence-electron chi connectivity index (χ4n) is 3.58. The third-order valence-electron chi connectivity index (χ3n) is 5.36. The van der Waals surface area contributed by atoms with Crippen LogP contribution in [-0.4, -0.2) is 29.1 Å². The van der Waals surface area contributed by atoms with Crippen LogP contribution in [0.1, 0.15) is 21.5 Å². The fourth-order valence-corrected chi connectivity index (χ4v) is 4.07. The summed E-state index contributed by atoms with van der Waals surface area (Å²) in [6.45, 7) is 3.79. The van der Waals surface area contributed by atoms with Gasteiger partial charge in [-0.05, 0) is 55.1 Å². The molecule has 0 radical (unpaired) electrons. The zero-order chi connectivity index (χ0) is 25.3. The monoisotopic (exact) mass is 513 g/mol. The van der Waals surface area contributed by atoms with Crippen molar-refractivity contribution in [3.05, 3.63) is 83.4 Å². The number of anilines is 1. The van der Waals surface area contributed by atoms with Crippen molar-refractivity contribution in [2.75, 3.05) is 5.32 Å². The van der Waals surface area contributed by atoms with Crippen LogP contribution in [0.15, 0.2) is 81.9 Å². The summed E-state index contributed by atoms with van der Waals surface area (Å²) in [6, 6.07) is 16.7. The summed E-state index contributed by atoms with van der Waals surface area (Å²) in [7, 11) is -4.79. The van der Waals surface area contributed by atoms with E-state index < -0.39 is 32.4 Å². The van der Waals surface area contributed by atoms with Gasteiger partial charge in [-0.3, -0.25) is 4.79 Å². The molecule has 0 aliphatic rings. The van der Waals surface area contributed by atoms with Crippen LogP contribution in [0, 0.1) is 13.8 Å². The van der Waals surface area contributed by atoms with Crippen molar-refractivity contribution in [2.24, 2.45) is 10.2 Å². The standard InChI is InChI=1S/C25H21N3O6S.Na/c1-14-7-9-20(15(2)11-14)26-25(31)19-12-16-5-3-4-6-18(16)23(24(19)30)28-27-21-13-17(35(32,33)34)8-10-22(21)29;/h3-13,29-30H,1-2H3,(H,26,31)(H,32,33,34);/q;+1/p-1. The van der Waals surface area contributed by atoms with E-state index in [4.69, 9.17) is 0 Å². The maximum atomic E-state index is 13.1. The van der Waals surface area contributed by atoms with Crippen molar-refractivity contribution < 1.29 is 57.5 Å². The summed E-state index contributed by atoms with van der Waals surface area (Å²) in [5.74, 6) is -1.45. The van der Waals surface area contributed by atoms with Gasteiger partial charge in [0, 0.05) is 11.1 Å². The maximum absolute atomic E-state index is 13.1. The number of nitrogens with zero attached hydrogens (tertiary/aromatic N) is 2. The summed E-state index contributed by atoms with van der Waals surface area (Å²) in [4.78, 5) is 12.5. The minimum Gasteiger partial charge on any atom is -0.744 e. The Morgan fingerprint density at radius 1 is 0.944 bits per heavy atom. The van der Waals surface area contributed by atoms with E-state index in [1.807, 2.05) is 26.0 Å². The molecule has 0 aromatic heterocycles. The number of hydrogen-bond donors (Lipinski definition) is 3. The second-order valence-electron chi connectivity index (χ2n) is 7.92. The van der Waals surface area contributed by atoms with Crippen LogP contribution >= 0.6 is 0 Å². The largest absolute Gasteiger partial charge is 1.00 e. The number of carbonyl (C=O) groups is 1. The molecule has 3 N–H and O–H groups in total. The molecular weight excluding hydrogens is 493 g/mol. The van der Waals surface area contributed by atoms with Gasteiger partial charge < -0.3 is 20.1 Å². The number of amides is 1. The Balaban J connectivity index is 0.00000361. The van der Waals surface area contributed by atoms with Gasteiger partial charge in [0.15, 0.2) is 5.75 Å². The molecule has 0 fully saturated rings. The van der Waals surface area contributed by atoms with Gasteiger partial charge >= 0.3 is 29.6 Å². The molecule has 0 bridgehead atoms. The predicted octanol–water partition coefficient (Wildman–Crippen LogP) is 2.44. The van der Waals surface area contributed by atoms with Gasteiger partial charge in [-0.2, -0.15) is 0 Å². The molecule has 0 saturated heterocycles. The van der Waals surface area contributed by atoms with Gasteiger partial charge in [0.25, 0.3) is 5.91 Å². The number of carbonyl (C=O) groups excluding carboxylic acids is 1. The first-order chi connectivity index (χ1) is 16.5. The van der Waals surface area contributed by atoms with E-state index in [1.54, 1.807) is 30.3 Å². The summed E-state index contributed by atoms with van der Waals surface area (Å²) < 4.78 is 34.0. The van der Waals surface area contributed by atoms with E-state index in [9.17, 15) is 28.0 Å². The van der Waals surface area contributed by atoms with E-state index in [-0.39, 0.29) is 46.5 Å². The topological polar surface area (TPSA) is 151 Å². The van der Waals surface area contributed by atoms with Crippen molar-refractivity contribution in [1.29, 1.82) is 0 Å². The van der Waals surface area contributed by atoms with Crippen LogP contribution in [-0.2, 0) is 10.1 Å². The third-order valence-corrected chi connectivity index (χ3v) is 6.19. The molecule has 11 heteroatoms. The molecule has 0 aliphatic heterocycles. The molecule has 4 aromatic carbocycles. The molecule has 9 nitrogen and oxygen atoms in total. The fraction of sp³-hybridized carbons (Fsp3) is 0.0800. The molecule has 0 aliphatic carbocycles. The second kappa shape index (κ2) is 10.8. The van der Waals surface area contributed by atoms with Crippen molar-refractivity contribution in [1.82, 2.24) is 0 Å². The van der Waals surface area contributed by atoms with E-state index in [0.29, 0.717) is 16.5 Å². The minimum atomic E-state index is -4.79. The number of aryl methyl sites for hydroxylation is 2. The van der Waals surface area contributed by atoms with Gasteiger partial charge in [-0.1, -0.05) is 42.0 Å². The van der Waals surface area contributed by atoms with Gasteiger partial charge in [-0.25, -0.2) is 8.42 Å². The SMILES string of the molecule is Cc1ccc(NC(=O)c2cc3ccccc3c(N=Nc3cc(S(=O)(=O)[O-])ccc3O)c2O)c(C)c1.[Na+]. The number of phenolic OH excluding ortho intramolecular Hbond substituents is 2. The zero-order valence-corrected chi connectivity index (χ0v) is 22.5. The Bertz CT molecular complexity index is 1620. The molecule has 4 aromatic rings. The first-order valence-corrected chi connectivity index (χ1v) is 11.8. The number of nitrogens with one attached hydrogen (secondary N) is 1. The third kappa shape index (κ3) is 5.75. The zero-order valence-electron chi connectivity index (χ0n) is 19.7. The van der Waals surface area contributed by atoms with Gasteiger partial charge in [0.1, 0.15) is 27.2 Å². The summed E-state index contributed by atoms with van der Waals surface area (Å²) >= 11 is 0. The van der Waals surface area contributed by atoms with E-state index in [2.05, 4.69) is 15.5 Å². The first-order valence-electron chi connectivity index (χ1n) is 10.4. The molecule has 36 heavy (non-hydrogen) atoms. The Morgan fingerprint density at radius 3 is 2.36 bits per heavy atom. The smallest absolute Gasteiger partial charge is 0.744 e. The molecule has 4 rings (SSSR count). The average Bonchev–Trinajstić information content (AvgIpc) is 2.80. The van der Waals surface area contributed by atoms with Gasteiger partial charge in [0.2, 0.25) is 0 Å². The number of phenols is 2. The summed E-state index contributed by atoms with van der Waals surface area (Å²) in [6.07, 6.45) is 0. The number of benzene rings is 4. The van der Waals surface area contributed by atoms with Crippen LogP contribution in [0.5, 0.6) is 11.5 Å². The second-order valence-corrected chi connectivity index (χ2v) is 9.30. The number of rotatable bonds is 5. The van der Waals surface area contributed by atoms with Crippen LogP contribution in [0.2, 0.25) is 0 Å². The number of fused-ring (bicyclic) bond motifs is 1. The number of aromatic hydroxyl groups is 2. The van der Waals surface area contributed by atoms with Crippen molar-refractivity contribution in [3.63, 3.8) is 0 Å². The normalized spacial score (nSPS) is 11.4. The summed E-state index contributed by atoms with van der Waals surface area (Å²) in [5, 5.41) is 32.7. The molecule has 0 atom stereocenters. The summed E-state index contributed by atoms with van der Waals surface area (Å²) in [5.41, 5.74) is 2.05. The van der Waals surface area contributed by atoms with E-state index in [1.165, 1.54) is 6.07 Å². The van der Waals surface area contributed by atoms with E-state index in [0.717, 1.165) is 29.3 Å². The molecule has 0 spiro atoms. The van der Waals surface area contributed by atoms with E-state index >= 15 is 0 Å². The molecule has 1 amide bonds. The molecular formula is C25H20N3NaO6S. The Kier molecular flexibility index (Phi) is 8.17. The molecule has 178 valence electrons. The first kappa shape index (κ1) is 27.3. The van der Waals surface area contributed by atoms with Gasteiger partial charge in [-0.15, -0.1) is 10.2 Å². The van der Waals surface area contributed by atoms with Crippen LogP contribution < -0.4 is 34.9 Å².